The molecule has 1 aromatic carbocycles. The Morgan fingerprint density at radius 1 is 1.29 bits per heavy atom. The first-order valence-corrected chi connectivity index (χ1v) is 8.87. The van der Waals surface area contributed by atoms with Gasteiger partial charge in [-0.3, -0.25) is 0 Å². The van der Waals surface area contributed by atoms with Crippen LogP contribution in [-0.2, 0) is 0 Å². The van der Waals surface area contributed by atoms with Gasteiger partial charge >= 0.3 is 0 Å². The van der Waals surface area contributed by atoms with Crippen molar-refractivity contribution in [3.05, 3.63) is 22.7 Å². The Morgan fingerprint density at radius 2 is 2.00 bits per heavy atom. The summed E-state index contributed by atoms with van der Waals surface area (Å²) in [6.45, 7) is 3.39. The molecule has 1 N–H and O–H groups in total. The summed E-state index contributed by atoms with van der Waals surface area (Å²) in [5.41, 5.74) is 1.32. The molecule has 0 aromatic heterocycles. The van der Waals surface area contributed by atoms with Crippen molar-refractivity contribution < 1.29 is 4.74 Å². The van der Waals surface area contributed by atoms with E-state index in [1.807, 2.05) is 0 Å². The zero-order valence-corrected chi connectivity index (χ0v) is 14.5. The molecule has 0 spiro atoms. The number of hydrogen-bond acceptors (Lipinski definition) is 3. The first-order chi connectivity index (χ1) is 10.2. The fourth-order valence-corrected chi connectivity index (χ4v) is 4.33. The molecular formula is C17H25BrN2O. The number of hydrogen-bond donors (Lipinski definition) is 1. The summed E-state index contributed by atoms with van der Waals surface area (Å²) in [7, 11) is 1.74. The maximum atomic E-state index is 5.46. The third kappa shape index (κ3) is 3.07. The maximum absolute atomic E-state index is 5.46. The number of nitrogens with zero attached hydrogens (tertiary/aromatic N) is 1. The predicted molar refractivity (Wildman–Crippen MR) is 91.3 cm³/mol. The third-order valence-electron chi connectivity index (χ3n) is 4.85. The summed E-state index contributed by atoms with van der Waals surface area (Å²) >= 11 is 3.54. The minimum absolute atomic E-state index is 0.684. The molecule has 2 saturated heterocycles. The number of anilines is 1. The lowest BCUT2D eigenvalue weighted by Crippen LogP contribution is -2.49. The molecule has 0 aliphatic carbocycles. The van der Waals surface area contributed by atoms with Crippen molar-refractivity contribution >= 4 is 21.6 Å². The van der Waals surface area contributed by atoms with Crippen molar-refractivity contribution in [2.24, 2.45) is 0 Å². The first-order valence-electron chi connectivity index (χ1n) is 8.08. The van der Waals surface area contributed by atoms with E-state index in [0.717, 1.165) is 16.8 Å². The maximum Gasteiger partial charge on any atom is 0.135 e. The van der Waals surface area contributed by atoms with E-state index in [4.69, 9.17) is 4.74 Å². The lowest BCUT2D eigenvalue weighted by Gasteiger charge is -2.41. The number of methoxy groups -OCH3 is 1. The minimum Gasteiger partial charge on any atom is -0.495 e. The Bertz CT molecular complexity index is 480. The zero-order chi connectivity index (χ0) is 14.8. The van der Waals surface area contributed by atoms with Crippen LogP contribution < -0.4 is 15.0 Å². The molecule has 1 aromatic rings. The van der Waals surface area contributed by atoms with Crippen molar-refractivity contribution in [1.29, 1.82) is 0 Å². The van der Waals surface area contributed by atoms with E-state index in [1.54, 1.807) is 7.11 Å². The average molecular weight is 353 g/mol. The molecule has 2 heterocycles. The van der Waals surface area contributed by atoms with Gasteiger partial charge in [-0.25, -0.2) is 0 Å². The highest BCUT2D eigenvalue weighted by Gasteiger charge is 2.40. The fraction of sp³-hybridized carbons (Fsp3) is 0.647. The van der Waals surface area contributed by atoms with Crippen LogP contribution in [0, 0.1) is 0 Å². The van der Waals surface area contributed by atoms with Crippen molar-refractivity contribution in [1.82, 2.24) is 5.32 Å². The fourth-order valence-electron chi connectivity index (χ4n) is 3.92. The largest absolute Gasteiger partial charge is 0.495 e. The zero-order valence-electron chi connectivity index (χ0n) is 12.9. The molecule has 21 heavy (non-hydrogen) atoms. The van der Waals surface area contributed by atoms with Crippen molar-refractivity contribution in [3.63, 3.8) is 0 Å². The summed E-state index contributed by atoms with van der Waals surface area (Å²) in [5, 5.41) is 3.72. The monoisotopic (exact) mass is 352 g/mol. The molecule has 3 nitrogen and oxygen atoms in total. The minimum atomic E-state index is 0.684. The van der Waals surface area contributed by atoms with Gasteiger partial charge in [0.15, 0.2) is 0 Å². The van der Waals surface area contributed by atoms with E-state index in [2.05, 4.69) is 51.3 Å². The number of piperidine rings is 1. The van der Waals surface area contributed by atoms with Gasteiger partial charge in [-0.2, -0.15) is 0 Å². The number of nitrogens with one attached hydrogen (secondary N) is 1. The molecular weight excluding hydrogens is 328 g/mol. The Balaban J connectivity index is 1.76. The van der Waals surface area contributed by atoms with E-state index < -0.39 is 0 Å². The van der Waals surface area contributed by atoms with E-state index in [1.165, 1.54) is 37.8 Å². The van der Waals surface area contributed by atoms with E-state index in [0.29, 0.717) is 18.1 Å². The molecule has 2 fully saturated rings. The number of ether oxygens (including phenoxy) is 1. The molecule has 2 aliphatic rings. The molecule has 116 valence electrons. The molecule has 2 bridgehead atoms. The van der Waals surface area contributed by atoms with Crippen LogP contribution in [0.5, 0.6) is 5.75 Å². The Morgan fingerprint density at radius 3 is 2.62 bits per heavy atom. The van der Waals surface area contributed by atoms with Crippen LogP contribution in [-0.4, -0.2) is 31.8 Å². The van der Waals surface area contributed by atoms with E-state index in [9.17, 15) is 0 Å². The summed E-state index contributed by atoms with van der Waals surface area (Å²) in [6, 6.07) is 8.58. The second-order valence-corrected chi connectivity index (χ2v) is 7.09. The highest BCUT2D eigenvalue weighted by Crippen LogP contribution is 2.41. The molecule has 0 saturated carbocycles. The normalized spacial score (nSPS) is 28.0. The lowest BCUT2D eigenvalue weighted by molar-refractivity contribution is 0.356. The molecule has 2 unspecified atom stereocenters. The van der Waals surface area contributed by atoms with Gasteiger partial charge in [-0.15, -0.1) is 0 Å². The SMILES string of the molecule is CCCNC1CC2CCC(C1)N2c1ccc(Br)c(OC)c1. The molecule has 0 amide bonds. The van der Waals surface area contributed by atoms with Gasteiger partial charge in [0.25, 0.3) is 0 Å². The van der Waals surface area contributed by atoms with E-state index in [-0.39, 0.29) is 0 Å². The predicted octanol–water partition coefficient (Wildman–Crippen LogP) is 3.96. The summed E-state index contributed by atoms with van der Waals surface area (Å²) in [6.07, 6.45) is 6.42. The van der Waals surface area contributed by atoms with Crippen LogP contribution in [0.25, 0.3) is 0 Å². The Hall–Kier alpha value is -0.740. The second kappa shape index (κ2) is 6.57. The van der Waals surface area contributed by atoms with Gasteiger partial charge in [0.05, 0.1) is 11.6 Å². The van der Waals surface area contributed by atoms with Gasteiger partial charge in [0.1, 0.15) is 5.75 Å². The van der Waals surface area contributed by atoms with Crippen LogP contribution in [0.1, 0.15) is 39.0 Å². The second-order valence-electron chi connectivity index (χ2n) is 6.23. The van der Waals surface area contributed by atoms with Gasteiger partial charge in [0, 0.05) is 29.9 Å². The smallest absolute Gasteiger partial charge is 0.135 e. The summed E-state index contributed by atoms with van der Waals surface area (Å²) in [4.78, 5) is 2.64. The van der Waals surface area contributed by atoms with Gasteiger partial charge in [0.2, 0.25) is 0 Å². The molecule has 0 radical (unpaired) electrons. The van der Waals surface area contributed by atoms with Crippen LogP contribution >= 0.6 is 15.9 Å². The number of fused-ring (bicyclic) bond motifs is 2. The van der Waals surface area contributed by atoms with Gasteiger partial charge < -0.3 is 15.0 Å². The highest BCUT2D eigenvalue weighted by molar-refractivity contribution is 9.10. The third-order valence-corrected chi connectivity index (χ3v) is 5.50. The highest BCUT2D eigenvalue weighted by atomic mass is 79.9. The summed E-state index contributed by atoms with van der Waals surface area (Å²) in [5.74, 6) is 0.929. The standard InChI is InChI=1S/C17H25BrN2O/c1-3-8-19-12-9-13-4-5-14(10-12)20(13)15-6-7-16(18)17(11-15)21-2/h6-7,11-14,19H,3-5,8-10H2,1-2H3. The Labute approximate surface area is 136 Å². The van der Waals surface area contributed by atoms with Crippen LogP contribution in [0.2, 0.25) is 0 Å². The molecule has 2 aliphatic heterocycles. The number of rotatable bonds is 5. The number of halogens is 1. The van der Waals surface area contributed by atoms with Crippen LogP contribution in [0.3, 0.4) is 0 Å². The topological polar surface area (TPSA) is 24.5 Å². The van der Waals surface area contributed by atoms with Crippen molar-refractivity contribution in [2.45, 2.75) is 57.2 Å². The lowest BCUT2D eigenvalue weighted by atomic mass is 9.96. The summed E-state index contributed by atoms with van der Waals surface area (Å²) < 4.78 is 6.48. The first kappa shape index (κ1) is 15.2. The quantitative estimate of drug-likeness (QED) is 0.867. The van der Waals surface area contributed by atoms with Crippen LogP contribution in [0.15, 0.2) is 22.7 Å². The molecule has 4 heteroatoms. The van der Waals surface area contributed by atoms with Crippen molar-refractivity contribution in [3.8, 4) is 5.75 Å². The van der Waals surface area contributed by atoms with Crippen molar-refractivity contribution in [2.75, 3.05) is 18.6 Å². The number of benzene rings is 1. The van der Waals surface area contributed by atoms with Gasteiger partial charge in [-0.1, -0.05) is 6.92 Å². The molecule has 3 rings (SSSR count). The van der Waals surface area contributed by atoms with Crippen LogP contribution in [0.4, 0.5) is 5.69 Å². The van der Waals surface area contributed by atoms with Gasteiger partial charge in [-0.05, 0) is 66.7 Å². The molecule has 2 atom stereocenters. The van der Waals surface area contributed by atoms with E-state index >= 15 is 0 Å². The Kier molecular flexibility index (Phi) is 4.75. The average Bonchev–Trinajstić information content (AvgIpc) is 2.76.